The second-order valence-electron chi connectivity index (χ2n) is 21.7. The Bertz CT molecular complexity index is 1860. The average molecular weight is 1130 g/mol. The summed E-state index contributed by atoms with van der Waals surface area (Å²) in [6.07, 6.45) is 87.9. The van der Waals surface area contributed by atoms with Gasteiger partial charge in [-0.15, -0.1) is 0 Å². The Morgan fingerprint density at radius 1 is 0.400 bits per heavy atom. The maximum atomic E-state index is 12.8. The number of phosphoric ester groups is 1. The van der Waals surface area contributed by atoms with Gasteiger partial charge < -0.3 is 18.9 Å². The first kappa shape index (κ1) is 75.9. The molecule has 0 radical (unpaired) electrons. The van der Waals surface area contributed by atoms with Crippen molar-refractivity contribution < 1.29 is 42.1 Å². The first-order valence-electron chi connectivity index (χ1n) is 31.6. The molecule has 0 aromatic heterocycles. The predicted octanol–water partition coefficient (Wildman–Crippen LogP) is 20.3. The fourth-order valence-corrected chi connectivity index (χ4v) is 8.76. The standard InChI is InChI=1S/C70H116NO8P/c1-6-8-10-12-14-16-18-20-22-23-24-25-26-27-28-29-30-31-32-33-34-35-36-37-38-39-40-41-42-43-44-45-46-47-49-51-53-55-57-59-61-63-70(73)79-68(67-78-80(74,75)77-65-64-71(3,4)5)66-76-69(72)62-60-58-56-54-52-50-48-21-19-17-15-13-11-9-7-2/h8,10,14,16,20-22,24-25,27-28,30-31,33-34,36-37,39-40,42-43,45-46,48,68H,6-7,9,11-13,15,17-19,23,26,29,32,35,38,41,44,47,49-67H2,1-5H3/p+1/b10-8-,16-14-,22-20-,25-24-,28-27-,31-30-,34-33-,37-36-,40-39-,43-42-,46-45-,48-21-. The highest BCUT2D eigenvalue weighted by Crippen LogP contribution is 2.43. The molecule has 9 nitrogen and oxygen atoms in total. The minimum absolute atomic E-state index is 0.0213. The molecule has 1 N–H and O–H groups in total. The van der Waals surface area contributed by atoms with Crippen LogP contribution in [0.1, 0.15) is 232 Å². The molecule has 0 aliphatic heterocycles. The highest BCUT2D eigenvalue weighted by atomic mass is 31.2. The minimum atomic E-state index is -4.40. The Labute approximate surface area is 491 Å². The van der Waals surface area contributed by atoms with Crippen LogP contribution in [0.4, 0.5) is 0 Å². The molecule has 0 saturated carbocycles. The van der Waals surface area contributed by atoms with E-state index in [2.05, 4.69) is 160 Å². The molecule has 0 aromatic carbocycles. The zero-order valence-electron chi connectivity index (χ0n) is 51.5. The number of likely N-dealkylation sites (N-methyl/N-ethyl adjacent to an activating group) is 1. The van der Waals surface area contributed by atoms with Crippen molar-refractivity contribution in [3.05, 3.63) is 146 Å². The summed E-state index contributed by atoms with van der Waals surface area (Å²) in [5.74, 6) is -0.828. The molecule has 0 bridgehead atoms. The molecule has 454 valence electrons. The highest BCUT2D eigenvalue weighted by Gasteiger charge is 2.27. The van der Waals surface area contributed by atoms with Crippen LogP contribution in [0, 0.1) is 0 Å². The fraction of sp³-hybridized carbons (Fsp3) is 0.629. The molecule has 0 rings (SSSR count). The number of nitrogens with zero attached hydrogens (tertiary/aromatic N) is 1. The number of phosphoric acid groups is 1. The summed E-state index contributed by atoms with van der Waals surface area (Å²) in [7, 11) is 1.45. The summed E-state index contributed by atoms with van der Waals surface area (Å²) >= 11 is 0. The van der Waals surface area contributed by atoms with Gasteiger partial charge in [0.05, 0.1) is 27.7 Å². The van der Waals surface area contributed by atoms with Crippen LogP contribution in [0.15, 0.2) is 146 Å². The summed E-state index contributed by atoms with van der Waals surface area (Å²) in [5, 5.41) is 0. The third-order valence-corrected chi connectivity index (χ3v) is 13.8. The number of esters is 2. The highest BCUT2D eigenvalue weighted by molar-refractivity contribution is 7.47. The van der Waals surface area contributed by atoms with Crippen molar-refractivity contribution in [1.82, 2.24) is 0 Å². The van der Waals surface area contributed by atoms with Gasteiger partial charge in [-0.1, -0.05) is 243 Å². The van der Waals surface area contributed by atoms with Crippen molar-refractivity contribution in [3.63, 3.8) is 0 Å². The number of ether oxygens (including phenoxy) is 2. The Balaban J connectivity index is 4.14. The van der Waals surface area contributed by atoms with Gasteiger partial charge in [0.25, 0.3) is 0 Å². The predicted molar refractivity (Wildman–Crippen MR) is 343 cm³/mol. The lowest BCUT2D eigenvalue weighted by atomic mass is 10.1. The number of allylic oxidation sites excluding steroid dienone is 24. The van der Waals surface area contributed by atoms with E-state index in [-0.39, 0.29) is 32.0 Å². The van der Waals surface area contributed by atoms with Gasteiger partial charge in [0, 0.05) is 12.8 Å². The van der Waals surface area contributed by atoms with Crippen molar-refractivity contribution in [3.8, 4) is 0 Å². The Hall–Kier alpha value is -4.11. The molecule has 0 aliphatic rings. The van der Waals surface area contributed by atoms with Crippen molar-refractivity contribution in [2.24, 2.45) is 0 Å². The van der Waals surface area contributed by atoms with Crippen molar-refractivity contribution in [1.29, 1.82) is 0 Å². The molecule has 10 heteroatoms. The molecular weight excluding hydrogens is 1010 g/mol. The SMILES string of the molecule is CC/C=C\C/C=C\C/C=C\C/C=C\C/C=C\C/C=C\C/C=C\C/C=C\C/C=C\C/C=C\C/C=C\CCCCCCCCCC(=O)OC(COC(=O)CCCCCCC/C=C\CCCCCCCC)COP(=O)(O)OCC[N+](C)(C)C. The van der Waals surface area contributed by atoms with Gasteiger partial charge >= 0.3 is 19.8 Å². The summed E-state index contributed by atoms with van der Waals surface area (Å²) in [4.78, 5) is 35.7. The van der Waals surface area contributed by atoms with Crippen molar-refractivity contribution in [2.75, 3.05) is 47.5 Å². The molecule has 0 aromatic rings. The topological polar surface area (TPSA) is 108 Å². The zero-order chi connectivity index (χ0) is 58.4. The lowest BCUT2D eigenvalue weighted by molar-refractivity contribution is -0.870. The van der Waals surface area contributed by atoms with Gasteiger partial charge in [-0.3, -0.25) is 18.6 Å². The Morgan fingerprint density at radius 3 is 1.07 bits per heavy atom. The largest absolute Gasteiger partial charge is 0.472 e. The number of rotatable bonds is 56. The van der Waals surface area contributed by atoms with Gasteiger partial charge in [-0.25, -0.2) is 4.57 Å². The molecule has 0 saturated heterocycles. The van der Waals surface area contributed by atoms with E-state index in [1.807, 2.05) is 21.1 Å². The van der Waals surface area contributed by atoms with Crippen LogP contribution >= 0.6 is 7.82 Å². The molecule has 0 amide bonds. The normalized spacial score (nSPS) is 14.2. The van der Waals surface area contributed by atoms with Gasteiger partial charge in [-0.2, -0.15) is 0 Å². The second kappa shape index (κ2) is 59.5. The third-order valence-electron chi connectivity index (χ3n) is 12.9. The summed E-state index contributed by atoms with van der Waals surface area (Å²) in [6, 6.07) is 0. The monoisotopic (exact) mass is 1130 g/mol. The molecular formula is C70H117NO8P+. The lowest BCUT2D eigenvalue weighted by Crippen LogP contribution is -2.37. The molecule has 0 spiro atoms. The van der Waals surface area contributed by atoms with Crippen molar-refractivity contribution in [2.45, 2.75) is 238 Å². The summed E-state index contributed by atoms with van der Waals surface area (Å²) in [6.45, 7) is 4.27. The van der Waals surface area contributed by atoms with Crippen LogP contribution in [0.5, 0.6) is 0 Å². The zero-order valence-corrected chi connectivity index (χ0v) is 52.4. The number of quaternary nitrogens is 1. The van der Waals surface area contributed by atoms with Crippen molar-refractivity contribution >= 4 is 19.8 Å². The van der Waals surface area contributed by atoms with E-state index in [4.69, 9.17) is 18.5 Å². The van der Waals surface area contributed by atoms with Crippen LogP contribution in [0.2, 0.25) is 0 Å². The first-order valence-corrected chi connectivity index (χ1v) is 33.1. The quantitative estimate of drug-likeness (QED) is 0.0211. The summed E-state index contributed by atoms with van der Waals surface area (Å²) in [5.41, 5.74) is 0. The number of hydrogen-bond acceptors (Lipinski definition) is 7. The van der Waals surface area contributed by atoms with Gasteiger partial charge in [0.2, 0.25) is 0 Å². The summed E-state index contributed by atoms with van der Waals surface area (Å²) < 4.78 is 34.5. The van der Waals surface area contributed by atoms with Crippen LogP contribution in [-0.4, -0.2) is 74.9 Å². The average Bonchev–Trinajstić information content (AvgIpc) is 3.42. The third kappa shape index (κ3) is 63.1. The number of hydrogen-bond donors (Lipinski definition) is 1. The number of carbonyl (C=O) groups is 2. The van der Waals surface area contributed by atoms with E-state index in [0.717, 1.165) is 135 Å². The molecule has 0 fully saturated rings. The number of carbonyl (C=O) groups excluding carboxylic acids is 2. The van der Waals surface area contributed by atoms with Crippen LogP contribution < -0.4 is 0 Å². The maximum Gasteiger partial charge on any atom is 0.472 e. The Morgan fingerprint density at radius 2 is 0.713 bits per heavy atom. The molecule has 0 heterocycles. The van der Waals surface area contributed by atoms with E-state index >= 15 is 0 Å². The molecule has 80 heavy (non-hydrogen) atoms. The van der Waals surface area contributed by atoms with Gasteiger partial charge in [0.1, 0.15) is 19.8 Å². The maximum absolute atomic E-state index is 12.8. The molecule has 2 atom stereocenters. The van der Waals surface area contributed by atoms with Gasteiger partial charge in [0.15, 0.2) is 6.10 Å². The number of unbranched alkanes of at least 4 members (excludes halogenated alkanes) is 18. The van der Waals surface area contributed by atoms with E-state index in [0.29, 0.717) is 17.4 Å². The van der Waals surface area contributed by atoms with Gasteiger partial charge in [-0.05, 0) is 122 Å². The Kier molecular flexibility index (Phi) is 56.5. The molecule has 0 aliphatic carbocycles. The molecule has 2 unspecified atom stereocenters. The minimum Gasteiger partial charge on any atom is -0.462 e. The van der Waals surface area contributed by atoms with E-state index in [9.17, 15) is 19.0 Å². The van der Waals surface area contributed by atoms with Crippen LogP contribution in [-0.2, 0) is 32.7 Å². The second-order valence-corrected chi connectivity index (χ2v) is 23.2. The smallest absolute Gasteiger partial charge is 0.462 e. The lowest BCUT2D eigenvalue weighted by Gasteiger charge is -2.24. The van der Waals surface area contributed by atoms with E-state index < -0.39 is 26.5 Å². The van der Waals surface area contributed by atoms with E-state index in [1.54, 1.807) is 0 Å². The van der Waals surface area contributed by atoms with Crippen LogP contribution in [0.25, 0.3) is 0 Å². The fourth-order valence-electron chi connectivity index (χ4n) is 8.01. The first-order chi connectivity index (χ1) is 39.0. The van der Waals surface area contributed by atoms with Crippen LogP contribution in [0.3, 0.4) is 0 Å². The van der Waals surface area contributed by atoms with E-state index in [1.165, 1.54) is 64.2 Å².